The lowest BCUT2D eigenvalue weighted by Crippen LogP contribution is -2.34. The van der Waals surface area contributed by atoms with Gasteiger partial charge in [0.2, 0.25) is 6.41 Å². The van der Waals surface area contributed by atoms with Gasteiger partial charge in [0.15, 0.2) is 5.60 Å². The summed E-state index contributed by atoms with van der Waals surface area (Å²) in [5, 5.41) is 21.5. The lowest BCUT2D eigenvalue weighted by molar-refractivity contribution is -0.157. The number of carboxylic acids is 1. The first-order valence-corrected chi connectivity index (χ1v) is 10.7. The van der Waals surface area contributed by atoms with E-state index in [2.05, 4.69) is 24.4 Å². The number of amides is 1. The Morgan fingerprint density at radius 2 is 1.93 bits per heavy atom. The molecule has 0 heterocycles. The Labute approximate surface area is 168 Å². The number of ketones is 1. The number of aliphatic carboxylic acids is 1. The van der Waals surface area contributed by atoms with Gasteiger partial charge in [0.25, 0.3) is 0 Å². The van der Waals surface area contributed by atoms with Crippen LogP contribution in [0.4, 0.5) is 0 Å². The van der Waals surface area contributed by atoms with Crippen molar-refractivity contribution in [1.29, 1.82) is 0 Å². The number of unbranched alkanes of at least 4 members (excludes halogenated alkanes) is 6. The van der Waals surface area contributed by atoms with Crippen LogP contribution < -0.4 is 5.32 Å². The second-order valence-electron chi connectivity index (χ2n) is 8.20. The highest BCUT2D eigenvalue weighted by Gasteiger charge is 2.40. The van der Waals surface area contributed by atoms with E-state index >= 15 is 0 Å². The average molecular weight is 396 g/mol. The van der Waals surface area contributed by atoms with E-state index in [1.807, 2.05) is 0 Å². The van der Waals surface area contributed by atoms with Crippen LogP contribution in [0, 0.1) is 11.8 Å². The van der Waals surface area contributed by atoms with Gasteiger partial charge < -0.3 is 15.5 Å². The molecule has 1 amide bonds. The van der Waals surface area contributed by atoms with Gasteiger partial charge in [-0.3, -0.25) is 9.59 Å². The summed E-state index contributed by atoms with van der Waals surface area (Å²) >= 11 is 0. The lowest BCUT2D eigenvalue weighted by Gasteiger charge is -2.21. The highest BCUT2D eigenvalue weighted by Crippen LogP contribution is 2.34. The number of carbonyl (C=O) groups is 3. The standard InChI is InChI=1S/C22H37NO5/c1-3-4-5-6-7-9-12-17-18(20(25)15-19(17)23-16-24)13-10-8-11-14-22(2,28)21(26)27/h9,12,16-19,28H,3-8,10-11,13-15H2,1-2H3,(H,23,24)(H,26,27)/t17-,18-,19-,22?/m1/s1. The molecule has 1 aliphatic rings. The third-order valence-electron chi connectivity index (χ3n) is 5.77. The van der Waals surface area contributed by atoms with Crippen molar-refractivity contribution >= 4 is 18.2 Å². The largest absolute Gasteiger partial charge is 0.479 e. The van der Waals surface area contributed by atoms with Crippen LogP contribution in [0.2, 0.25) is 0 Å². The highest BCUT2D eigenvalue weighted by atomic mass is 16.4. The molecule has 28 heavy (non-hydrogen) atoms. The number of rotatable bonds is 15. The van der Waals surface area contributed by atoms with E-state index in [4.69, 9.17) is 5.11 Å². The molecule has 1 fully saturated rings. The van der Waals surface area contributed by atoms with Crippen molar-refractivity contribution in [3.05, 3.63) is 12.2 Å². The van der Waals surface area contributed by atoms with E-state index < -0.39 is 11.6 Å². The molecule has 1 saturated carbocycles. The topological polar surface area (TPSA) is 104 Å². The number of aliphatic hydroxyl groups is 1. The molecule has 0 aliphatic heterocycles. The van der Waals surface area contributed by atoms with E-state index in [-0.39, 0.29) is 30.1 Å². The van der Waals surface area contributed by atoms with Crippen molar-refractivity contribution in [3.8, 4) is 0 Å². The maximum absolute atomic E-state index is 12.4. The maximum atomic E-state index is 12.4. The van der Waals surface area contributed by atoms with Crippen LogP contribution in [-0.2, 0) is 14.4 Å². The fourth-order valence-corrected chi connectivity index (χ4v) is 3.94. The predicted molar refractivity (Wildman–Crippen MR) is 109 cm³/mol. The maximum Gasteiger partial charge on any atom is 0.335 e. The Hall–Kier alpha value is -1.69. The molecule has 1 aliphatic carbocycles. The fourth-order valence-electron chi connectivity index (χ4n) is 3.94. The first-order chi connectivity index (χ1) is 13.3. The van der Waals surface area contributed by atoms with E-state index in [1.54, 1.807) is 0 Å². The van der Waals surface area contributed by atoms with Crippen LogP contribution in [0.25, 0.3) is 0 Å². The molecule has 0 radical (unpaired) electrons. The van der Waals surface area contributed by atoms with Crippen molar-refractivity contribution in [1.82, 2.24) is 5.32 Å². The Morgan fingerprint density at radius 3 is 2.57 bits per heavy atom. The minimum Gasteiger partial charge on any atom is -0.479 e. The number of allylic oxidation sites excluding steroid dienone is 1. The molecule has 0 aromatic rings. The van der Waals surface area contributed by atoms with E-state index in [1.165, 1.54) is 26.2 Å². The number of carbonyl (C=O) groups excluding carboxylic acids is 2. The molecule has 0 spiro atoms. The second-order valence-corrected chi connectivity index (χ2v) is 8.20. The van der Waals surface area contributed by atoms with Crippen LogP contribution in [0.3, 0.4) is 0 Å². The Morgan fingerprint density at radius 1 is 1.21 bits per heavy atom. The quantitative estimate of drug-likeness (QED) is 0.223. The molecule has 6 nitrogen and oxygen atoms in total. The number of hydrogen-bond donors (Lipinski definition) is 3. The summed E-state index contributed by atoms with van der Waals surface area (Å²) in [6.07, 6.45) is 14.2. The highest BCUT2D eigenvalue weighted by molar-refractivity contribution is 5.85. The normalized spacial score (nSPS) is 24.4. The Kier molecular flexibility index (Phi) is 11.0. The Bertz CT molecular complexity index is 529. The van der Waals surface area contributed by atoms with Crippen LogP contribution in [0.15, 0.2) is 12.2 Å². The van der Waals surface area contributed by atoms with Crippen molar-refractivity contribution in [2.24, 2.45) is 11.8 Å². The van der Waals surface area contributed by atoms with Gasteiger partial charge in [-0.15, -0.1) is 0 Å². The summed E-state index contributed by atoms with van der Waals surface area (Å²) in [4.78, 5) is 34.3. The SMILES string of the molecule is CCCCCCC=C[C@H]1[C@H](NC=O)CC(=O)[C@@H]1CCCCCC(C)(O)C(=O)O. The minimum atomic E-state index is -1.69. The average Bonchev–Trinajstić information content (AvgIpc) is 2.92. The smallest absolute Gasteiger partial charge is 0.335 e. The predicted octanol–water partition coefficient (Wildman–Crippen LogP) is 3.62. The third kappa shape index (κ3) is 8.13. The summed E-state index contributed by atoms with van der Waals surface area (Å²) in [6, 6.07) is -0.130. The zero-order valence-corrected chi connectivity index (χ0v) is 17.4. The van der Waals surface area contributed by atoms with Crippen LogP contribution in [-0.4, -0.2) is 40.0 Å². The van der Waals surface area contributed by atoms with Gasteiger partial charge in [0, 0.05) is 24.3 Å². The van der Waals surface area contributed by atoms with E-state index in [0.717, 1.165) is 32.1 Å². The van der Waals surface area contributed by atoms with Gasteiger partial charge >= 0.3 is 5.97 Å². The van der Waals surface area contributed by atoms with Gasteiger partial charge in [-0.25, -0.2) is 4.79 Å². The van der Waals surface area contributed by atoms with Gasteiger partial charge in [0.1, 0.15) is 5.78 Å². The summed E-state index contributed by atoms with van der Waals surface area (Å²) in [5.41, 5.74) is -1.69. The number of Topliss-reactive ketones (excluding diaryl/α,β-unsaturated/α-hetero) is 1. The first-order valence-electron chi connectivity index (χ1n) is 10.7. The van der Waals surface area contributed by atoms with Crippen molar-refractivity contribution in [2.75, 3.05) is 0 Å². The molecule has 1 rings (SSSR count). The molecule has 6 heteroatoms. The van der Waals surface area contributed by atoms with Crippen LogP contribution in [0.5, 0.6) is 0 Å². The van der Waals surface area contributed by atoms with Crippen LogP contribution in [0.1, 0.15) is 84.5 Å². The van der Waals surface area contributed by atoms with Gasteiger partial charge in [-0.05, 0) is 39.0 Å². The van der Waals surface area contributed by atoms with Gasteiger partial charge in [-0.2, -0.15) is 0 Å². The van der Waals surface area contributed by atoms with Crippen molar-refractivity contribution in [2.45, 2.75) is 96.1 Å². The molecule has 0 saturated heterocycles. The van der Waals surface area contributed by atoms with E-state index in [0.29, 0.717) is 19.3 Å². The van der Waals surface area contributed by atoms with Gasteiger partial charge in [0.05, 0.1) is 0 Å². The number of nitrogens with one attached hydrogen (secondary N) is 1. The number of carboxylic acid groups (broad SMARTS) is 1. The monoisotopic (exact) mass is 395 g/mol. The fraction of sp³-hybridized carbons (Fsp3) is 0.773. The summed E-state index contributed by atoms with van der Waals surface area (Å²) in [5.74, 6) is -1.07. The second kappa shape index (κ2) is 12.7. The molecule has 0 bridgehead atoms. The zero-order chi connectivity index (χ0) is 21.0. The molecule has 0 aromatic carbocycles. The summed E-state index contributed by atoms with van der Waals surface area (Å²) in [7, 11) is 0. The first kappa shape index (κ1) is 24.3. The molecular weight excluding hydrogens is 358 g/mol. The molecule has 3 N–H and O–H groups in total. The summed E-state index contributed by atoms with van der Waals surface area (Å²) < 4.78 is 0. The molecule has 1 unspecified atom stereocenters. The van der Waals surface area contributed by atoms with Crippen molar-refractivity contribution < 1.29 is 24.6 Å². The lowest BCUT2D eigenvalue weighted by atomic mass is 9.87. The Balaban J connectivity index is 2.50. The van der Waals surface area contributed by atoms with E-state index in [9.17, 15) is 19.5 Å². The molecule has 0 aromatic heterocycles. The molecular formula is C22H37NO5. The van der Waals surface area contributed by atoms with Gasteiger partial charge in [-0.1, -0.05) is 51.2 Å². The van der Waals surface area contributed by atoms with Crippen molar-refractivity contribution in [3.63, 3.8) is 0 Å². The summed E-state index contributed by atoms with van der Waals surface area (Å²) in [6.45, 7) is 3.50. The molecule has 160 valence electrons. The third-order valence-corrected chi connectivity index (χ3v) is 5.77. The molecule has 4 atom stereocenters. The number of hydrogen-bond acceptors (Lipinski definition) is 4. The van der Waals surface area contributed by atoms with Crippen LogP contribution >= 0.6 is 0 Å². The minimum absolute atomic E-state index is 0.0333. The zero-order valence-electron chi connectivity index (χ0n) is 17.4.